The second-order valence-corrected chi connectivity index (χ2v) is 4.60. The molecule has 0 aliphatic carbocycles. The van der Waals surface area contributed by atoms with Crippen LogP contribution in [0, 0.1) is 0 Å². The average Bonchev–Trinajstić information content (AvgIpc) is 2.58. The summed E-state index contributed by atoms with van der Waals surface area (Å²) < 4.78 is 0. The van der Waals surface area contributed by atoms with Crippen molar-refractivity contribution < 1.29 is 14.7 Å². The van der Waals surface area contributed by atoms with E-state index in [4.69, 9.17) is 5.11 Å². The summed E-state index contributed by atoms with van der Waals surface area (Å²) >= 11 is 0. The summed E-state index contributed by atoms with van der Waals surface area (Å²) in [5.74, 6) is 0.616. The third kappa shape index (κ3) is 2.14. The predicted octanol–water partition coefficient (Wildman–Crippen LogP) is -0.172. The molecule has 2 saturated heterocycles. The molecule has 1 N–H and O–H groups in total. The van der Waals surface area contributed by atoms with Crippen molar-refractivity contribution in [2.45, 2.75) is 12.7 Å². The zero-order valence-corrected chi connectivity index (χ0v) is 8.85. The van der Waals surface area contributed by atoms with E-state index in [1.165, 1.54) is 4.90 Å². The zero-order chi connectivity index (χ0) is 11.0. The van der Waals surface area contributed by atoms with E-state index >= 15 is 0 Å². The van der Waals surface area contributed by atoms with Gasteiger partial charge in [-0.3, -0.25) is 4.79 Å². The van der Waals surface area contributed by atoms with Crippen LogP contribution in [0.4, 0.5) is 4.79 Å². The van der Waals surface area contributed by atoms with Gasteiger partial charge in [0.05, 0.1) is 6.54 Å². The summed E-state index contributed by atoms with van der Waals surface area (Å²) in [6.45, 7) is 4.04. The predicted molar refractivity (Wildman–Crippen MR) is 56.2 cm³/mol. The van der Waals surface area contributed by atoms with Crippen molar-refractivity contribution in [3.8, 4) is 0 Å². The molecule has 15 heavy (non-hydrogen) atoms. The monoisotopic (exact) mass is 210 g/mol. The van der Waals surface area contributed by atoms with Gasteiger partial charge in [-0.15, -0.1) is 0 Å². The van der Waals surface area contributed by atoms with Crippen LogP contribution in [0.2, 0.25) is 5.82 Å². The molecule has 2 fully saturated rings. The van der Waals surface area contributed by atoms with Gasteiger partial charge in [-0.1, -0.05) is 0 Å². The molecule has 2 aliphatic heterocycles. The van der Waals surface area contributed by atoms with Gasteiger partial charge in [0.15, 0.2) is 6.71 Å². The van der Waals surface area contributed by atoms with Gasteiger partial charge >= 0.3 is 6.09 Å². The molecular formula is C9H15BN2O3. The number of fused-ring (bicyclic) bond motifs is 1. The Bertz CT molecular complexity index is 283. The number of ketones is 1. The van der Waals surface area contributed by atoms with Gasteiger partial charge in [-0.05, 0) is 25.7 Å². The molecule has 2 rings (SSSR count). The summed E-state index contributed by atoms with van der Waals surface area (Å²) in [7, 11) is 0. The summed E-state index contributed by atoms with van der Waals surface area (Å²) in [5.41, 5.74) is 0. The quantitative estimate of drug-likeness (QED) is 0.642. The molecule has 0 saturated carbocycles. The molecule has 0 spiro atoms. The van der Waals surface area contributed by atoms with Gasteiger partial charge in [0.25, 0.3) is 0 Å². The van der Waals surface area contributed by atoms with Crippen LogP contribution in [0.1, 0.15) is 6.92 Å². The number of hydrogen-bond donors (Lipinski definition) is 1. The van der Waals surface area contributed by atoms with Crippen molar-refractivity contribution in [1.29, 1.82) is 0 Å². The summed E-state index contributed by atoms with van der Waals surface area (Å²) in [6.07, 6.45) is 0.685. The molecule has 1 amide bonds. The van der Waals surface area contributed by atoms with E-state index in [2.05, 4.69) is 4.90 Å². The van der Waals surface area contributed by atoms with Crippen LogP contribution in [-0.2, 0) is 4.79 Å². The van der Waals surface area contributed by atoms with E-state index < -0.39 is 6.09 Å². The van der Waals surface area contributed by atoms with Crippen LogP contribution in [0.3, 0.4) is 0 Å². The molecular weight excluding hydrogens is 195 g/mol. The third-order valence-corrected chi connectivity index (χ3v) is 3.28. The van der Waals surface area contributed by atoms with Crippen molar-refractivity contribution in [2.75, 3.05) is 32.5 Å². The molecule has 82 valence electrons. The smallest absolute Gasteiger partial charge is 0.406 e. The molecule has 2 aliphatic rings. The summed E-state index contributed by atoms with van der Waals surface area (Å²) in [5, 5.41) is 8.84. The first-order chi connectivity index (χ1) is 7.06. The molecule has 0 aromatic rings. The van der Waals surface area contributed by atoms with Crippen molar-refractivity contribution in [3.63, 3.8) is 0 Å². The maximum absolute atomic E-state index is 10.9. The highest BCUT2D eigenvalue weighted by molar-refractivity contribution is 6.63. The van der Waals surface area contributed by atoms with E-state index in [0.29, 0.717) is 32.1 Å². The van der Waals surface area contributed by atoms with Crippen LogP contribution in [0.15, 0.2) is 0 Å². The Morgan fingerprint density at radius 2 is 2.13 bits per heavy atom. The number of hydrogen-bond acceptors (Lipinski definition) is 3. The van der Waals surface area contributed by atoms with E-state index in [1.54, 1.807) is 6.92 Å². The minimum atomic E-state index is -0.817. The van der Waals surface area contributed by atoms with Gasteiger partial charge in [-0.2, -0.15) is 0 Å². The standard InChI is InChI=1S/C9H15BN2O3/c1-7(13)2-11-3-8-4-12(9(14)15)6-10(8)5-11/h8H,2-6H2,1H3,(H,14,15). The minimum Gasteiger partial charge on any atom is -0.465 e. The third-order valence-electron chi connectivity index (χ3n) is 3.28. The van der Waals surface area contributed by atoms with Gasteiger partial charge in [0.1, 0.15) is 5.78 Å². The first kappa shape index (κ1) is 10.5. The van der Waals surface area contributed by atoms with Crippen molar-refractivity contribution >= 4 is 18.6 Å². The van der Waals surface area contributed by atoms with Gasteiger partial charge in [0.2, 0.25) is 0 Å². The van der Waals surface area contributed by atoms with Gasteiger partial charge < -0.3 is 14.9 Å². The molecule has 1 atom stereocenters. The Balaban J connectivity index is 1.88. The molecule has 6 heteroatoms. The second-order valence-electron chi connectivity index (χ2n) is 4.60. The van der Waals surface area contributed by atoms with Crippen LogP contribution >= 0.6 is 0 Å². The molecule has 2 heterocycles. The summed E-state index contributed by atoms with van der Waals surface area (Å²) in [6, 6.07) is 0. The first-order valence-corrected chi connectivity index (χ1v) is 5.26. The van der Waals surface area contributed by atoms with Crippen LogP contribution in [-0.4, -0.2) is 66.0 Å². The molecule has 1 unspecified atom stereocenters. The van der Waals surface area contributed by atoms with Crippen LogP contribution < -0.4 is 0 Å². The number of carbonyl (C=O) groups excluding carboxylic acids is 1. The fourth-order valence-corrected chi connectivity index (χ4v) is 2.69. The lowest BCUT2D eigenvalue weighted by atomic mass is 9.45. The Hall–Kier alpha value is -1.04. The number of Topliss-reactive ketones (excluding diaryl/α,β-unsaturated/α-hetero) is 1. The molecule has 5 nitrogen and oxygen atoms in total. The summed E-state index contributed by atoms with van der Waals surface area (Å²) in [4.78, 5) is 25.3. The molecule has 0 bridgehead atoms. The van der Waals surface area contributed by atoms with Gasteiger partial charge in [-0.25, -0.2) is 4.79 Å². The number of rotatable bonds is 2. The van der Waals surface area contributed by atoms with E-state index in [-0.39, 0.29) is 5.78 Å². The maximum Gasteiger partial charge on any atom is 0.406 e. The van der Waals surface area contributed by atoms with E-state index in [0.717, 1.165) is 13.0 Å². The fraction of sp³-hybridized carbons (Fsp3) is 0.778. The Morgan fingerprint density at radius 1 is 1.40 bits per heavy atom. The SMILES string of the molecule is CC(=O)CN1CB2CN(C(=O)O)CC2C1. The highest BCUT2D eigenvalue weighted by Gasteiger charge is 2.44. The minimum absolute atomic E-state index is 0.185. The number of carboxylic acid groups (broad SMARTS) is 1. The topological polar surface area (TPSA) is 60.9 Å². The largest absolute Gasteiger partial charge is 0.465 e. The normalized spacial score (nSPS) is 25.8. The Morgan fingerprint density at radius 3 is 2.67 bits per heavy atom. The Kier molecular flexibility index (Phi) is 2.69. The van der Waals surface area contributed by atoms with Crippen molar-refractivity contribution in [3.05, 3.63) is 0 Å². The lowest BCUT2D eigenvalue weighted by Gasteiger charge is -2.18. The maximum atomic E-state index is 10.9. The van der Waals surface area contributed by atoms with Crippen molar-refractivity contribution in [2.24, 2.45) is 0 Å². The van der Waals surface area contributed by atoms with Crippen molar-refractivity contribution in [1.82, 2.24) is 9.80 Å². The first-order valence-electron chi connectivity index (χ1n) is 5.26. The van der Waals surface area contributed by atoms with Crippen LogP contribution in [0.25, 0.3) is 0 Å². The number of carbonyl (C=O) groups is 2. The highest BCUT2D eigenvalue weighted by Crippen LogP contribution is 2.28. The fourth-order valence-electron chi connectivity index (χ4n) is 2.69. The molecule has 0 aromatic heterocycles. The van der Waals surface area contributed by atoms with E-state index in [9.17, 15) is 9.59 Å². The second kappa shape index (κ2) is 3.85. The molecule has 0 aromatic carbocycles. The van der Waals surface area contributed by atoms with Gasteiger partial charge in [0, 0.05) is 13.0 Å². The Labute approximate surface area is 89.1 Å². The van der Waals surface area contributed by atoms with Crippen LogP contribution in [0.5, 0.6) is 0 Å². The number of amides is 1. The molecule has 0 radical (unpaired) electrons. The average molecular weight is 210 g/mol. The lowest BCUT2D eigenvalue weighted by molar-refractivity contribution is -0.117. The number of nitrogens with zero attached hydrogens (tertiary/aromatic N) is 2. The van der Waals surface area contributed by atoms with E-state index in [1.807, 2.05) is 0 Å². The zero-order valence-electron chi connectivity index (χ0n) is 8.85. The lowest BCUT2D eigenvalue weighted by Crippen LogP contribution is -2.35. The highest BCUT2D eigenvalue weighted by atomic mass is 16.4.